The van der Waals surface area contributed by atoms with Crippen molar-refractivity contribution in [3.05, 3.63) is 53.5 Å². The third kappa shape index (κ3) is 5.89. The van der Waals surface area contributed by atoms with Crippen molar-refractivity contribution in [2.45, 2.75) is 38.8 Å². The van der Waals surface area contributed by atoms with E-state index >= 15 is 0 Å². The number of aromatic amines is 1. The number of hydrogen-bond donors (Lipinski definition) is 2. The summed E-state index contributed by atoms with van der Waals surface area (Å²) in [7, 11) is 5.40. The molecule has 2 N–H and O–H groups in total. The van der Waals surface area contributed by atoms with Gasteiger partial charge in [-0.15, -0.1) is 0 Å². The largest absolute Gasteiger partial charge is 0.497 e. The van der Waals surface area contributed by atoms with E-state index in [4.69, 9.17) is 9.47 Å². The van der Waals surface area contributed by atoms with Gasteiger partial charge in [0.2, 0.25) is 5.95 Å². The van der Waals surface area contributed by atoms with Crippen LogP contribution in [0, 0.1) is 0 Å². The number of piperazine rings is 1. The molecule has 186 valence electrons. The molecule has 2 atom stereocenters. The second kappa shape index (κ2) is 10.7. The first kappa shape index (κ1) is 24.5. The van der Waals surface area contributed by atoms with Gasteiger partial charge in [-0.05, 0) is 51.4 Å². The molecule has 35 heavy (non-hydrogen) atoms. The quantitative estimate of drug-likeness (QED) is 0.508. The first-order valence-corrected chi connectivity index (χ1v) is 11.7. The maximum Gasteiger partial charge on any atom is 0.260 e. The van der Waals surface area contributed by atoms with Crippen molar-refractivity contribution in [1.29, 1.82) is 0 Å². The van der Waals surface area contributed by atoms with Crippen molar-refractivity contribution in [2.75, 3.05) is 44.6 Å². The van der Waals surface area contributed by atoms with Crippen LogP contribution in [0.5, 0.6) is 11.5 Å². The van der Waals surface area contributed by atoms with Gasteiger partial charge in [0.15, 0.2) is 5.82 Å². The summed E-state index contributed by atoms with van der Waals surface area (Å²) in [5.74, 6) is 2.31. The maximum absolute atomic E-state index is 12.7. The van der Waals surface area contributed by atoms with E-state index in [1.165, 1.54) is 0 Å². The number of carbonyl (C=O) groups excluding carboxylic acids is 1. The number of H-pyrrole nitrogens is 1. The Morgan fingerprint density at radius 2 is 1.66 bits per heavy atom. The van der Waals surface area contributed by atoms with Gasteiger partial charge < -0.3 is 19.7 Å². The number of methoxy groups -OCH3 is 2. The molecule has 2 aromatic heterocycles. The lowest BCUT2D eigenvalue weighted by molar-refractivity contribution is 0.102. The molecule has 1 amide bonds. The number of amides is 1. The van der Waals surface area contributed by atoms with Gasteiger partial charge in [-0.3, -0.25) is 14.8 Å². The molecule has 10 heteroatoms. The fraction of sp³-hybridized carbons (Fsp3) is 0.440. The summed E-state index contributed by atoms with van der Waals surface area (Å²) in [5.41, 5.74) is 2.38. The van der Waals surface area contributed by atoms with Crippen LogP contribution in [0.15, 0.2) is 36.7 Å². The van der Waals surface area contributed by atoms with Crippen LogP contribution in [0.2, 0.25) is 0 Å². The van der Waals surface area contributed by atoms with E-state index in [-0.39, 0.29) is 5.91 Å². The lowest BCUT2D eigenvalue weighted by Crippen LogP contribution is -2.55. The summed E-state index contributed by atoms with van der Waals surface area (Å²) in [4.78, 5) is 26.1. The van der Waals surface area contributed by atoms with E-state index in [1.54, 1.807) is 26.6 Å². The molecule has 1 aromatic carbocycles. The monoisotopic (exact) mass is 479 g/mol. The fourth-order valence-electron chi connectivity index (χ4n) is 4.20. The van der Waals surface area contributed by atoms with Gasteiger partial charge in [0.05, 0.1) is 19.8 Å². The van der Waals surface area contributed by atoms with Crippen molar-refractivity contribution in [3.63, 3.8) is 0 Å². The Labute approximate surface area is 205 Å². The molecule has 1 aliphatic heterocycles. The molecule has 1 saturated heterocycles. The van der Waals surface area contributed by atoms with E-state index in [1.807, 2.05) is 24.3 Å². The average Bonchev–Trinajstić information content (AvgIpc) is 3.32. The molecule has 3 heterocycles. The molecule has 10 nitrogen and oxygen atoms in total. The number of nitrogens with one attached hydrogen (secondary N) is 2. The maximum atomic E-state index is 12.7. The van der Waals surface area contributed by atoms with Crippen LogP contribution >= 0.6 is 0 Å². The minimum Gasteiger partial charge on any atom is -0.497 e. The van der Waals surface area contributed by atoms with Gasteiger partial charge in [-0.1, -0.05) is 0 Å². The smallest absolute Gasteiger partial charge is 0.260 e. The normalized spacial score (nSPS) is 18.4. The first-order valence-electron chi connectivity index (χ1n) is 11.7. The van der Waals surface area contributed by atoms with Crippen LogP contribution in [0.1, 0.15) is 35.5 Å². The summed E-state index contributed by atoms with van der Waals surface area (Å²) in [6.45, 7) is 6.09. The topological polar surface area (TPSA) is 109 Å². The molecule has 1 aliphatic rings. The van der Waals surface area contributed by atoms with Crippen LogP contribution in [-0.2, 0) is 12.8 Å². The summed E-state index contributed by atoms with van der Waals surface area (Å²) in [6.07, 6.45) is 4.62. The number of carbonyl (C=O) groups is 1. The van der Waals surface area contributed by atoms with Crippen LogP contribution < -0.4 is 19.7 Å². The Bertz CT molecular complexity index is 1110. The van der Waals surface area contributed by atoms with Gasteiger partial charge in [-0.2, -0.15) is 5.10 Å². The third-order valence-corrected chi connectivity index (χ3v) is 6.51. The Morgan fingerprint density at radius 1 is 1.03 bits per heavy atom. The zero-order valence-electron chi connectivity index (χ0n) is 20.9. The third-order valence-electron chi connectivity index (χ3n) is 6.51. The van der Waals surface area contributed by atoms with Crippen LogP contribution in [0.4, 0.5) is 11.8 Å². The Balaban J connectivity index is 1.33. The van der Waals surface area contributed by atoms with Crippen LogP contribution in [0.3, 0.4) is 0 Å². The molecule has 3 aromatic rings. The number of aromatic nitrogens is 4. The van der Waals surface area contributed by atoms with E-state index in [2.05, 4.69) is 56.2 Å². The summed E-state index contributed by atoms with van der Waals surface area (Å²) in [6, 6.07) is 8.45. The first-order chi connectivity index (χ1) is 16.9. The van der Waals surface area contributed by atoms with E-state index in [0.29, 0.717) is 29.4 Å². The predicted molar refractivity (Wildman–Crippen MR) is 134 cm³/mol. The van der Waals surface area contributed by atoms with Crippen molar-refractivity contribution in [1.82, 2.24) is 25.1 Å². The lowest BCUT2D eigenvalue weighted by atomic mass is 10.1. The number of likely N-dealkylation sites (N-methyl/N-ethyl adjacent to an activating group) is 1. The summed E-state index contributed by atoms with van der Waals surface area (Å²) < 4.78 is 10.7. The van der Waals surface area contributed by atoms with E-state index < -0.39 is 0 Å². The van der Waals surface area contributed by atoms with Gasteiger partial charge in [0.25, 0.3) is 5.91 Å². The van der Waals surface area contributed by atoms with Gasteiger partial charge in [0.1, 0.15) is 11.5 Å². The highest BCUT2D eigenvalue weighted by Gasteiger charge is 2.28. The second-order valence-electron chi connectivity index (χ2n) is 8.99. The number of aryl methyl sites for hydroxylation is 2. The van der Waals surface area contributed by atoms with Gasteiger partial charge in [0, 0.05) is 55.4 Å². The van der Waals surface area contributed by atoms with Crippen LogP contribution in [0.25, 0.3) is 0 Å². The Morgan fingerprint density at radius 3 is 2.26 bits per heavy atom. The molecule has 0 saturated carbocycles. The highest BCUT2D eigenvalue weighted by Crippen LogP contribution is 2.24. The van der Waals surface area contributed by atoms with Gasteiger partial charge >= 0.3 is 0 Å². The minimum atomic E-state index is -0.299. The molecule has 0 aliphatic carbocycles. The molecule has 0 radical (unpaired) electrons. The van der Waals surface area contributed by atoms with Crippen LogP contribution in [-0.4, -0.2) is 77.4 Å². The SMILES string of the molecule is COc1cc(CCc2cc(NC(=O)c3cnc(N4CC(C)N(C)C(C)C4)nc3)n[nH]2)cc(OC)c1. The Kier molecular flexibility index (Phi) is 7.50. The molecule has 4 rings (SSSR count). The fourth-order valence-corrected chi connectivity index (χ4v) is 4.20. The number of nitrogens with zero attached hydrogens (tertiary/aromatic N) is 5. The van der Waals surface area contributed by atoms with Gasteiger partial charge in [-0.25, -0.2) is 9.97 Å². The number of benzene rings is 1. The van der Waals surface area contributed by atoms with Crippen molar-refractivity contribution >= 4 is 17.7 Å². The average molecular weight is 480 g/mol. The zero-order chi connectivity index (χ0) is 24.9. The number of rotatable bonds is 8. The Hall–Kier alpha value is -3.66. The minimum absolute atomic E-state index is 0.299. The molecule has 2 unspecified atom stereocenters. The summed E-state index contributed by atoms with van der Waals surface area (Å²) >= 11 is 0. The highest BCUT2D eigenvalue weighted by atomic mass is 16.5. The molecule has 1 fully saturated rings. The zero-order valence-corrected chi connectivity index (χ0v) is 20.9. The standard InChI is InChI=1S/C25H33N7O3/c1-16-14-32(15-17(2)31(16)3)25-26-12-19(13-27-25)24(33)28-23-10-20(29-30-23)7-6-18-8-21(34-4)11-22(9-18)35-5/h8-13,16-17H,6-7,14-15H2,1-5H3,(H2,28,29,30,33). The molecular weight excluding hydrogens is 446 g/mol. The molecular formula is C25H33N7O3. The van der Waals surface area contributed by atoms with Crippen molar-refractivity contribution in [2.24, 2.45) is 0 Å². The highest BCUT2D eigenvalue weighted by molar-refractivity contribution is 6.03. The number of hydrogen-bond acceptors (Lipinski definition) is 8. The molecule has 0 bridgehead atoms. The second-order valence-corrected chi connectivity index (χ2v) is 8.99. The van der Waals surface area contributed by atoms with E-state index in [9.17, 15) is 4.79 Å². The summed E-state index contributed by atoms with van der Waals surface area (Å²) in [5, 5.41) is 10.0. The van der Waals surface area contributed by atoms with Crippen molar-refractivity contribution < 1.29 is 14.3 Å². The predicted octanol–water partition coefficient (Wildman–Crippen LogP) is 2.78. The number of anilines is 2. The number of ether oxygens (including phenoxy) is 2. The van der Waals surface area contributed by atoms with Crippen molar-refractivity contribution in [3.8, 4) is 11.5 Å². The molecule has 0 spiro atoms. The van der Waals surface area contributed by atoms with E-state index in [0.717, 1.165) is 48.7 Å². The lowest BCUT2D eigenvalue weighted by Gasteiger charge is -2.42.